The first-order chi connectivity index (χ1) is 7.85. The molecule has 0 fully saturated rings. The molecule has 0 saturated carbocycles. The molecule has 0 spiro atoms. The van der Waals surface area contributed by atoms with E-state index in [4.69, 9.17) is 0 Å². The van der Waals surface area contributed by atoms with Crippen LogP contribution in [0.25, 0.3) is 5.69 Å². The molecular formula is C11H12N4O. The summed E-state index contributed by atoms with van der Waals surface area (Å²) in [5.74, 6) is 0. The van der Waals surface area contributed by atoms with Gasteiger partial charge in [0.05, 0.1) is 5.69 Å². The second-order valence-electron chi connectivity index (χ2n) is 3.33. The van der Waals surface area contributed by atoms with E-state index >= 15 is 0 Å². The van der Waals surface area contributed by atoms with Crippen molar-refractivity contribution in [3.05, 3.63) is 36.4 Å². The van der Waals surface area contributed by atoms with Gasteiger partial charge in [0.15, 0.2) is 0 Å². The summed E-state index contributed by atoms with van der Waals surface area (Å²) in [7, 11) is 0. The van der Waals surface area contributed by atoms with Gasteiger partial charge in [-0.05, 0) is 24.1 Å². The van der Waals surface area contributed by atoms with E-state index in [2.05, 4.69) is 15.5 Å². The lowest BCUT2D eigenvalue weighted by molar-refractivity contribution is -0.105. The summed E-state index contributed by atoms with van der Waals surface area (Å²) >= 11 is 0. The van der Waals surface area contributed by atoms with Crippen LogP contribution in [0.15, 0.2) is 30.9 Å². The molecule has 2 aromatic rings. The highest BCUT2D eigenvalue weighted by molar-refractivity contribution is 5.74. The highest BCUT2D eigenvalue weighted by Crippen LogP contribution is 2.20. The number of carbonyl (C=O) groups is 1. The van der Waals surface area contributed by atoms with Crippen LogP contribution in [0.5, 0.6) is 0 Å². The molecule has 1 heterocycles. The Morgan fingerprint density at radius 2 is 2.12 bits per heavy atom. The number of anilines is 1. The summed E-state index contributed by atoms with van der Waals surface area (Å²) in [6, 6.07) is 5.86. The number of nitrogens with one attached hydrogen (secondary N) is 1. The van der Waals surface area contributed by atoms with Crippen molar-refractivity contribution in [2.24, 2.45) is 0 Å². The molecule has 1 aromatic carbocycles. The van der Waals surface area contributed by atoms with Gasteiger partial charge in [-0.25, -0.2) is 0 Å². The van der Waals surface area contributed by atoms with E-state index in [0.717, 1.165) is 23.4 Å². The zero-order valence-electron chi connectivity index (χ0n) is 8.92. The molecule has 0 aliphatic heterocycles. The van der Waals surface area contributed by atoms with Crippen molar-refractivity contribution >= 4 is 12.1 Å². The Balaban J connectivity index is 2.42. The monoisotopic (exact) mass is 216 g/mol. The van der Waals surface area contributed by atoms with Crippen LogP contribution in [0.1, 0.15) is 12.5 Å². The number of benzene rings is 1. The predicted octanol–water partition coefficient (Wildman–Crippen LogP) is 1.40. The average molecular weight is 216 g/mol. The maximum Gasteiger partial charge on any atom is 0.211 e. The van der Waals surface area contributed by atoms with Crippen molar-refractivity contribution in [1.29, 1.82) is 0 Å². The molecule has 1 N–H and O–H groups in total. The van der Waals surface area contributed by atoms with Crippen LogP contribution in [0.4, 0.5) is 5.69 Å². The van der Waals surface area contributed by atoms with Crippen LogP contribution in [0, 0.1) is 0 Å². The lowest BCUT2D eigenvalue weighted by Gasteiger charge is -2.09. The molecule has 0 atom stereocenters. The molecule has 1 aromatic heterocycles. The van der Waals surface area contributed by atoms with Gasteiger partial charge in [-0.1, -0.05) is 13.0 Å². The van der Waals surface area contributed by atoms with Crippen molar-refractivity contribution in [1.82, 2.24) is 14.8 Å². The van der Waals surface area contributed by atoms with Crippen molar-refractivity contribution in [2.75, 3.05) is 5.32 Å². The van der Waals surface area contributed by atoms with Gasteiger partial charge in [-0.3, -0.25) is 9.36 Å². The minimum atomic E-state index is 0.685. The molecule has 1 amide bonds. The summed E-state index contributed by atoms with van der Waals surface area (Å²) < 4.78 is 1.79. The summed E-state index contributed by atoms with van der Waals surface area (Å²) in [6.45, 7) is 2.05. The Bertz CT molecular complexity index is 479. The molecule has 5 heteroatoms. The van der Waals surface area contributed by atoms with E-state index in [1.165, 1.54) is 0 Å². The van der Waals surface area contributed by atoms with Crippen molar-refractivity contribution in [2.45, 2.75) is 13.3 Å². The minimum absolute atomic E-state index is 0.685. The Morgan fingerprint density at radius 3 is 2.75 bits per heavy atom. The van der Waals surface area contributed by atoms with Crippen molar-refractivity contribution in [3.63, 3.8) is 0 Å². The van der Waals surface area contributed by atoms with Gasteiger partial charge in [-0.2, -0.15) is 0 Å². The molecule has 0 bridgehead atoms. The molecule has 2 rings (SSSR count). The lowest BCUT2D eigenvalue weighted by atomic mass is 10.1. The normalized spacial score (nSPS) is 10.1. The van der Waals surface area contributed by atoms with Crippen LogP contribution in [0.2, 0.25) is 0 Å². The largest absolute Gasteiger partial charge is 0.328 e. The van der Waals surface area contributed by atoms with Crippen molar-refractivity contribution in [3.8, 4) is 5.69 Å². The number of amides is 1. The Hall–Kier alpha value is -2.17. The third kappa shape index (κ3) is 1.93. The topological polar surface area (TPSA) is 59.8 Å². The van der Waals surface area contributed by atoms with Gasteiger partial charge < -0.3 is 5.32 Å². The van der Waals surface area contributed by atoms with E-state index in [9.17, 15) is 4.79 Å². The van der Waals surface area contributed by atoms with Crippen LogP contribution in [0.3, 0.4) is 0 Å². The highest BCUT2D eigenvalue weighted by atomic mass is 16.1. The van der Waals surface area contributed by atoms with Gasteiger partial charge in [-0.15, -0.1) is 10.2 Å². The summed E-state index contributed by atoms with van der Waals surface area (Å²) in [5, 5.41) is 10.2. The Labute approximate surface area is 93.1 Å². The number of aryl methyl sites for hydroxylation is 1. The van der Waals surface area contributed by atoms with E-state index in [1.807, 2.05) is 25.1 Å². The number of aromatic nitrogens is 3. The third-order valence-corrected chi connectivity index (χ3v) is 2.41. The van der Waals surface area contributed by atoms with Gasteiger partial charge in [0.2, 0.25) is 6.41 Å². The maximum absolute atomic E-state index is 10.5. The smallest absolute Gasteiger partial charge is 0.211 e. The molecule has 82 valence electrons. The second kappa shape index (κ2) is 4.57. The first-order valence-corrected chi connectivity index (χ1v) is 5.03. The van der Waals surface area contributed by atoms with Gasteiger partial charge in [0.1, 0.15) is 12.7 Å². The summed E-state index contributed by atoms with van der Waals surface area (Å²) in [4.78, 5) is 10.5. The molecule has 5 nitrogen and oxygen atoms in total. The fraction of sp³-hybridized carbons (Fsp3) is 0.182. The number of carbonyl (C=O) groups excluding carboxylic acids is 1. The van der Waals surface area contributed by atoms with E-state index in [-0.39, 0.29) is 0 Å². The van der Waals surface area contributed by atoms with Crippen LogP contribution in [-0.2, 0) is 11.2 Å². The molecule has 16 heavy (non-hydrogen) atoms. The Morgan fingerprint density at radius 1 is 1.38 bits per heavy atom. The summed E-state index contributed by atoms with van der Waals surface area (Å²) in [5.41, 5.74) is 2.85. The fourth-order valence-electron chi connectivity index (χ4n) is 1.57. The lowest BCUT2D eigenvalue weighted by Crippen LogP contribution is -2.00. The van der Waals surface area contributed by atoms with E-state index in [1.54, 1.807) is 17.2 Å². The predicted molar refractivity (Wildman–Crippen MR) is 60.4 cm³/mol. The van der Waals surface area contributed by atoms with E-state index in [0.29, 0.717) is 6.41 Å². The first-order valence-electron chi connectivity index (χ1n) is 5.03. The van der Waals surface area contributed by atoms with Crippen LogP contribution < -0.4 is 5.32 Å². The summed E-state index contributed by atoms with van der Waals surface area (Å²) in [6.07, 6.45) is 4.79. The SMILES string of the molecule is CCc1ccc(-n2cnnc2)cc1NC=O. The number of hydrogen-bond acceptors (Lipinski definition) is 3. The number of rotatable bonds is 4. The first kappa shape index (κ1) is 10.4. The maximum atomic E-state index is 10.5. The zero-order chi connectivity index (χ0) is 11.4. The molecule has 0 saturated heterocycles. The molecule has 0 radical (unpaired) electrons. The standard InChI is InChI=1S/C11H12N4O/c1-2-9-3-4-10(5-11(9)12-8-16)15-6-13-14-7-15/h3-8H,2H2,1H3,(H,12,16). The highest BCUT2D eigenvalue weighted by Gasteiger charge is 2.03. The van der Waals surface area contributed by atoms with E-state index < -0.39 is 0 Å². The van der Waals surface area contributed by atoms with Crippen molar-refractivity contribution < 1.29 is 4.79 Å². The second-order valence-corrected chi connectivity index (χ2v) is 3.33. The van der Waals surface area contributed by atoms with Crippen LogP contribution >= 0.6 is 0 Å². The quantitative estimate of drug-likeness (QED) is 0.786. The van der Waals surface area contributed by atoms with Gasteiger partial charge in [0.25, 0.3) is 0 Å². The van der Waals surface area contributed by atoms with Gasteiger partial charge >= 0.3 is 0 Å². The molecule has 0 unspecified atom stereocenters. The minimum Gasteiger partial charge on any atom is -0.328 e. The van der Waals surface area contributed by atoms with Gasteiger partial charge in [0, 0.05) is 5.69 Å². The third-order valence-electron chi connectivity index (χ3n) is 2.41. The molecule has 0 aliphatic carbocycles. The fourth-order valence-corrected chi connectivity index (χ4v) is 1.57. The zero-order valence-corrected chi connectivity index (χ0v) is 8.92. The average Bonchev–Trinajstić information content (AvgIpc) is 2.83. The number of hydrogen-bond donors (Lipinski definition) is 1. The molecule has 0 aliphatic rings. The number of nitrogens with zero attached hydrogens (tertiary/aromatic N) is 3. The van der Waals surface area contributed by atoms with Crippen LogP contribution in [-0.4, -0.2) is 21.2 Å². The Kier molecular flexibility index (Phi) is 2.95. The molecular weight excluding hydrogens is 204 g/mol.